The number of nitrogens with one attached hydrogen (secondary N) is 1. The molecule has 0 saturated heterocycles. The van der Waals surface area contributed by atoms with Crippen molar-refractivity contribution >= 4 is 54.6 Å². The second-order valence-corrected chi connectivity index (χ2v) is 9.59. The zero-order valence-corrected chi connectivity index (χ0v) is 18.8. The van der Waals surface area contributed by atoms with Gasteiger partial charge in [-0.05, 0) is 37.3 Å². The van der Waals surface area contributed by atoms with Gasteiger partial charge < -0.3 is 9.92 Å². The van der Waals surface area contributed by atoms with Crippen LogP contribution < -0.4 is 15.3 Å². The number of hydrogen-bond acceptors (Lipinski definition) is 9. The van der Waals surface area contributed by atoms with E-state index in [1.807, 2.05) is 6.92 Å². The van der Waals surface area contributed by atoms with Crippen molar-refractivity contribution in [3.05, 3.63) is 63.1 Å². The summed E-state index contributed by atoms with van der Waals surface area (Å²) in [4.78, 5) is 12.0. The van der Waals surface area contributed by atoms with Crippen molar-refractivity contribution in [2.45, 2.75) is 18.2 Å². The molecule has 0 radical (unpaired) electrons. The van der Waals surface area contributed by atoms with Gasteiger partial charge in [-0.15, -0.1) is 10.2 Å². The molecule has 0 aliphatic heterocycles. The summed E-state index contributed by atoms with van der Waals surface area (Å²) in [5.74, 6) is -0.360. The first kappa shape index (κ1) is 21.9. The molecule has 0 atom stereocenters. The number of nitrogens with zero attached hydrogens (tertiary/aromatic N) is 3. The van der Waals surface area contributed by atoms with Crippen LogP contribution in [0.3, 0.4) is 0 Å². The number of hydrogen-bond donors (Lipinski definition) is 2. The largest absolute Gasteiger partial charge is 0.378 e. The number of carbonyl (C=O) groups is 1. The van der Waals surface area contributed by atoms with Crippen LogP contribution >= 0.6 is 27.3 Å². The van der Waals surface area contributed by atoms with Crippen molar-refractivity contribution in [1.29, 1.82) is 0 Å². The summed E-state index contributed by atoms with van der Waals surface area (Å²) in [7, 11) is -4.04. The van der Waals surface area contributed by atoms with Gasteiger partial charge >= 0.3 is 10.1 Å². The highest BCUT2D eigenvalue weighted by atomic mass is 79.9. The fourth-order valence-electron chi connectivity index (χ4n) is 2.26. The Bertz CT molecular complexity index is 1190. The molecule has 0 spiro atoms. The minimum absolute atomic E-state index is 0.0311. The third-order valence-electron chi connectivity index (χ3n) is 3.67. The van der Waals surface area contributed by atoms with Gasteiger partial charge in [0.1, 0.15) is 9.90 Å². The molecule has 0 fully saturated rings. The summed E-state index contributed by atoms with van der Waals surface area (Å²) < 4.78 is 31.1. The van der Waals surface area contributed by atoms with Crippen molar-refractivity contribution in [1.82, 2.24) is 15.6 Å². The summed E-state index contributed by atoms with van der Waals surface area (Å²) in [5.41, 5.74) is 9.10. The molecule has 1 amide bonds. The number of aryl methyl sites for hydroxylation is 1. The summed E-state index contributed by atoms with van der Waals surface area (Å²) in [5, 5.41) is 12.0. The molecule has 3 N–H and O–H groups in total. The van der Waals surface area contributed by atoms with E-state index in [1.54, 1.807) is 24.3 Å². The highest BCUT2D eigenvalue weighted by molar-refractivity contribution is 9.10. The van der Waals surface area contributed by atoms with Crippen LogP contribution in [0.5, 0.6) is 5.75 Å². The van der Waals surface area contributed by atoms with Crippen LogP contribution in [0.25, 0.3) is 0 Å². The quantitative estimate of drug-likeness (QED) is 0.283. The minimum atomic E-state index is -4.04. The Morgan fingerprint density at radius 1 is 1.27 bits per heavy atom. The molecule has 0 bridgehead atoms. The van der Waals surface area contributed by atoms with E-state index in [0.717, 1.165) is 16.9 Å². The second kappa shape index (κ2) is 9.32. The van der Waals surface area contributed by atoms with E-state index in [4.69, 9.17) is 9.92 Å². The van der Waals surface area contributed by atoms with E-state index in [0.29, 0.717) is 15.0 Å². The maximum atomic E-state index is 12.6. The van der Waals surface area contributed by atoms with Crippen molar-refractivity contribution in [2.75, 3.05) is 5.73 Å². The van der Waals surface area contributed by atoms with Crippen molar-refractivity contribution in [3.8, 4) is 5.75 Å². The lowest BCUT2D eigenvalue weighted by Crippen LogP contribution is -2.19. The van der Waals surface area contributed by atoms with E-state index >= 15 is 0 Å². The summed E-state index contributed by atoms with van der Waals surface area (Å²) in [6, 6.07) is 11.0. The monoisotopic (exact) mass is 509 g/mol. The van der Waals surface area contributed by atoms with Gasteiger partial charge in [-0.1, -0.05) is 45.0 Å². The lowest BCUT2D eigenvalue weighted by Gasteiger charge is -2.10. The van der Waals surface area contributed by atoms with E-state index in [1.165, 1.54) is 24.4 Å². The van der Waals surface area contributed by atoms with Crippen LogP contribution in [-0.2, 0) is 21.3 Å². The number of amides is 1. The number of carbonyl (C=O) groups excluding carboxylic acids is 1. The Hall–Kier alpha value is -2.83. The molecule has 0 unspecified atom stereocenters. The molecule has 12 heteroatoms. The summed E-state index contributed by atoms with van der Waals surface area (Å²) in [6.45, 7) is 1.86. The van der Waals surface area contributed by atoms with Crippen molar-refractivity contribution in [2.24, 2.45) is 5.10 Å². The van der Waals surface area contributed by atoms with Gasteiger partial charge in [0.05, 0.1) is 12.6 Å². The van der Waals surface area contributed by atoms with Gasteiger partial charge in [-0.25, -0.2) is 5.43 Å². The molecule has 0 saturated carbocycles. The lowest BCUT2D eigenvalue weighted by atomic mass is 10.2. The zero-order chi connectivity index (χ0) is 21.7. The fraction of sp³-hybridized carbons (Fsp3) is 0.111. The summed E-state index contributed by atoms with van der Waals surface area (Å²) in [6.07, 6.45) is 1.26. The Labute approximate surface area is 185 Å². The summed E-state index contributed by atoms with van der Waals surface area (Å²) >= 11 is 4.42. The van der Waals surface area contributed by atoms with E-state index in [2.05, 4.69) is 36.7 Å². The van der Waals surface area contributed by atoms with Crippen LogP contribution in [0.15, 0.2) is 56.9 Å². The molecule has 156 valence electrons. The third-order valence-corrected chi connectivity index (χ3v) is 6.16. The first-order valence-electron chi connectivity index (χ1n) is 8.43. The number of anilines is 1. The third kappa shape index (κ3) is 5.84. The van der Waals surface area contributed by atoms with Gasteiger partial charge in [0.15, 0.2) is 5.75 Å². The Morgan fingerprint density at radius 2 is 2.00 bits per heavy atom. The zero-order valence-electron chi connectivity index (χ0n) is 15.6. The van der Waals surface area contributed by atoms with E-state index in [-0.39, 0.29) is 22.2 Å². The van der Waals surface area contributed by atoms with Gasteiger partial charge in [0.2, 0.25) is 11.0 Å². The predicted molar refractivity (Wildman–Crippen MR) is 117 cm³/mol. The molecule has 30 heavy (non-hydrogen) atoms. The smallest absolute Gasteiger partial charge is 0.339 e. The Kier molecular flexibility index (Phi) is 6.80. The van der Waals surface area contributed by atoms with Crippen molar-refractivity contribution < 1.29 is 17.4 Å². The molecular weight excluding hydrogens is 494 g/mol. The maximum Gasteiger partial charge on any atom is 0.339 e. The molecule has 2 aromatic carbocycles. The number of rotatable bonds is 7. The first-order chi connectivity index (χ1) is 14.2. The standard InChI is InChI=1S/C18H16BrN5O4S2/c1-11-2-5-14(6-3-11)30(26,27)28-15-7-4-13(19)8-12(15)10-21-22-16(25)9-17-23-24-18(20)29-17/h2-8,10H,9H2,1H3,(H2,20,24)(H,22,25)/b21-10+. The number of halogens is 1. The van der Waals surface area contributed by atoms with E-state index in [9.17, 15) is 13.2 Å². The Balaban J connectivity index is 1.74. The number of nitrogens with two attached hydrogens (primary N) is 1. The molecule has 3 rings (SSSR count). The van der Waals surface area contributed by atoms with Gasteiger partial charge in [-0.2, -0.15) is 13.5 Å². The van der Waals surface area contributed by atoms with Crippen LogP contribution in [0.1, 0.15) is 16.1 Å². The van der Waals surface area contributed by atoms with Crippen LogP contribution in [-0.4, -0.2) is 30.7 Å². The normalized spacial score (nSPS) is 11.5. The minimum Gasteiger partial charge on any atom is -0.378 e. The topological polar surface area (TPSA) is 137 Å². The highest BCUT2D eigenvalue weighted by Crippen LogP contribution is 2.25. The van der Waals surface area contributed by atoms with Gasteiger partial charge in [0.25, 0.3) is 0 Å². The molecule has 9 nitrogen and oxygen atoms in total. The van der Waals surface area contributed by atoms with Gasteiger partial charge in [-0.3, -0.25) is 4.79 Å². The Morgan fingerprint density at radius 3 is 2.67 bits per heavy atom. The van der Waals surface area contributed by atoms with Gasteiger partial charge in [0, 0.05) is 10.0 Å². The fourth-order valence-corrected chi connectivity index (χ4v) is 4.20. The molecule has 1 aromatic heterocycles. The predicted octanol–water partition coefficient (Wildman–Crippen LogP) is 2.65. The first-order valence-corrected chi connectivity index (χ1v) is 11.5. The number of aromatic nitrogens is 2. The average molecular weight is 510 g/mol. The van der Waals surface area contributed by atoms with Crippen molar-refractivity contribution in [3.63, 3.8) is 0 Å². The lowest BCUT2D eigenvalue weighted by molar-refractivity contribution is -0.120. The number of benzene rings is 2. The number of nitrogen functional groups attached to an aromatic ring is 1. The maximum absolute atomic E-state index is 12.6. The molecule has 3 aromatic rings. The molecule has 0 aliphatic rings. The molecule has 1 heterocycles. The molecule has 0 aliphatic carbocycles. The highest BCUT2D eigenvalue weighted by Gasteiger charge is 2.18. The SMILES string of the molecule is Cc1ccc(S(=O)(=O)Oc2ccc(Br)cc2/C=N/NC(=O)Cc2nnc(N)s2)cc1. The number of hydrazone groups is 1. The van der Waals surface area contributed by atoms with Crippen LogP contribution in [0.2, 0.25) is 0 Å². The molecular formula is C18H16BrN5O4S2. The second-order valence-electron chi connectivity index (χ2n) is 6.04. The average Bonchev–Trinajstić information content (AvgIpc) is 3.08. The van der Waals surface area contributed by atoms with E-state index < -0.39 is 16.0 Å². The van der Waals surface area contributed by atoms with Crippen LogP contribution in [0, 0.1) is 6.92 Å². The van der Waals surface area contributed by atoms with Crippen LogP contribution in [0.4, 0.5) is 5.13 Å².